The molecule has 2 aromatic rings. The first-order valence-electron chi connectivity index (χ1n) is 6.56. The molecule has 0 spiro atoms. The Bertz CT molecular complexity index is 741. The molecule has 4 nitrogen and oxygen atoms in total. The van der Waals surface area contributed by atoms with Gasteiger partial charge in [-0.15, -0.1) is 0 Å². The highest BCUT2D eigenvalue weighted by Gasteiger charge is 2.36. The zero-order chi connectivity index (χ0) is 15.2. The molecule has 0 radical (unpaired) electrons. The molecule has 0 N–H and O–H groups in total. The number of methoxy groups -OCH3 is 1. The third-order valence-electron chi connectivity index (χ3n) is 3.75. The van der Waals surface area contributed by atoms with Crippen molar-refractivity contribution in [3.8, 4) is 0 Å². The van der Waals surface area contributed by atoms with Crippen molar-refractivity contribution in [1.82, 2.24) is 9.55 Å². The van der Waals surface area contributed by atoms with Crippen LogP contribution < -0.4 is 0 Å². The van der Waals surface area contributed by atoms with E-state index >= 15 is 0 Å². The van der Waals surface area contributed by atoms with Crippen LogP contribution in [0.4, 0.5) is 4.39 Å². The van der Waals surface area contributed by atoms with Gasteiger partial charge in [-0.2, -0.15) is 0 Å². The molecule has 110 valence electrons. The predicted molar refractivity (Wildman–Crippen MR) is 82.0 cm³/mol. The molecule has 1 aliphatic rings. The topological polar surface area (TPSA) is 39.4 Å². The van der Waals surface area contributed by atoms with Crippen molar-refractivity contribution < 1.29 is 9.13 Å². The van der Waals surface area contributed by atoms with Crippen molar-refractivity contribution in [2.45, 2.75) is 25.9 Å². The lowest BCUT2D eigenvalue weighted by Crippen LogP contribution is -2.35. The van der Waals surface area contributed by atoms with E-state index in [1.165, 1.54) is 6.07 Å². The smallest absolute Gasteiger partial charge is 0.235 e. The highest BCUT2D eigenvalue weighted by Crippen LogP contribution is 2.35. The Labute approximate surface area is 130 Å². The number of hydrogen-bond acceptors (Lipinski definition) is 3. The van der Waals surface area contributed by atoms with Gasteiger partial charge in [0, 0.05) is 10.0 Å². The standard InChI is InChI=1S/C15H15BrFN3O/c1-9-13-14(21-3)19-15(2,7-20(13)8-18-9)11-6-10(16)4-5-12(11)17/h4-6,8H,7H2,1-3H3. The number of hydrogen-bond donors (Lipinski definition) is 0. The maximum Gasteiger partial charge on any atom is 0.235 e. The van der Waals surface area contributed by atoms with Crippen LogP contribution in [0.2, 0.25) is 0 Å². The number of benzene rings is 1. The third-order valence-corrected chi connectivity index (χ3v) is 4.25. The average molecular weight is 352 g/mol. The van der Waals surface area contributed by atoms with Gasteiger partial charge < -0.3 is 9.30 Å². The van der Waals surface area contributed by atoms with Crippen LogP contribution in [0.25, 0.3) is 0 Å². The summed E-state index contributed by atoms with van der Waals surface area (Å²) in [5.74, 6) is 0.207. The molecule has 0 saturated carbocycles. The summed E-state index contributed by atoms with van der Waals surface area (Å²) >= 11 is 3.39. The zero-order valence-electron chi connectivity index (χ0n) is 12.0. The minimum absolute atomic E-state index is 0.278. The lowest BCUT2D eigenvalue weighted by atomic mass is 9.90. The van der Waals surface area contributed by atoms with Gasteiger partial charge in [0.25, 0.3) is 0 Å². The maximum atomic E-state index is 14.3. The van der Waals surface area contributed by atoms with Gasteiger partial charge in [-0.3, -0.25) is 0 Å². The van der Waals surface area contributed by atoms with Crippen LogP contribution in [0, 0.1) is 12.7 Å². The molecule has 0 amide bonds. The summed E-state index contributed by atoms with van der Waals surface area (Å²) in [7, 11) is 1.57. The minimum atomic E-state index is -0.737. The first-order valence-corrected chi connectivity index (χ1v) is 7.35. The summed E-state index contributed by atoms with van der Waals surface area (Å²) < 4.78 is 22.4. The summed E-state index contributed by atoms with van der Waals surface area (Å²) in [4.78, 5) is 8.95. The molecular weight excluding hydrogens is 337 g/mol. The molecule has 1 atom stereocenters. The fourth-order valence-electron chi connectivity index (χ4n) is 2.72. The molecule has 1 aliphatic heterocycles. The number of aromatic nitrogens is 2. The molecule has 2 heterocycles. The number of halogens is 2. The molecule has 0 saturated heterocycles. The lowest BCUT2D eigenvalue weighted by Gasteiger charge is -2.32. The van der Waals surface area contributed by atoms with Crippen molar-refractivity contribution >= 4 is 21.8 Å². The monoisotopic (exact) mass is 351 g/mol. The van der Waals surface area contributed by atoms with Crippen LogP contribution in [0.1, 0.15) is 23.9 Å². The van der Waals surface area contributed by atoms with Crippen LogP contribution in [0.5, 0.6) is 0 Å². The van der Waals surface area contributed by atoms with Crippen molar-refractivity contribution in [2.75, 3.05) is 7.11 Å². The van der Waals surface area contributed by atoms with Crippen molar-refractivity contribution in [2.24, 2.45) is 4.99 Å². The van der Waals surface area contributed by atoms with Crippen LogP contribution in [-0.4, -0.2) is 22.6 Å². The molecule has 1 aromatic heterocycles. The highest BCUT2D eigenvalue weighted by molar-refractivity contribution is 9.10. The van der Waals surface area contributed by atoms with Crippen molar-refractivity contribution in [1.29, 1.82) is 0 Å². The van der Waals surface area contributed by atoms with E-state index in [0.29, 0.717) is 18.0 Å². The number of fused-ring (bicyclic) bond motifs is 1. The number of ether oxygens (including phenoxy) is 1. The van der Waals surface area contributed by atoms with Gasteiger partial charge in [0.2, 0.25) is 5.90 Å². The second-order valence-electron chi connectivity index (χ2n) is 5.33. The Kier molecular flexibility index (Phi) is 3.36. The summed E-state index contributed by atoms with van der Waals surface area (Å²) in [6.07, 6.45) is 1.74. The number of imidazole rings is 1. The van der Waals surface area contributed by atoms with E-state index in [1.807, 2.05) is 18.4 Å². The van der Waals surface area contributed by atoms with Gasteiger partial charge in [-0.05, 0) is 32.0 Å². The second kappa shape index (κ2) is 4.94. The van der Waals surface area contributed by atoms with Gasteiger partial charge in [0.05, 0.1) is 25.7 Å². The Morgan fingerprint density at radius 1 is 1.43 bits per heavy atom. The van der Waals surface area contributed by atoms with E-state index in [1.54, 1.807) is 25.6 Å². The number of rotatable bonds is 1. The van der Waals surface area contributed by atoms with Gasteiger partial charge in [0.15, 0.2) is 0 Å². The van der Waals surface area contributed by atoms with E-state index in [9.17, 15) is 4.39 Å². The Balaban J connectivity index is 2.17. The fourth-order valence-corrected chi connectivity index (χ4v) is 3.08. The molecule has 6 heteroatoms. The molecule has 0 aliphatic carbocycles. The van der Waals surface area contributed by atoms with E-state index in [2.05, 4.69) is 25.9 Å². The van der Waals surface area contributed by atoms with Gasteiger partial charge in [-0.1, -0.05) is 15.9 Å². The fraction of sp³-hybridized carbons (Fsp3) is 0.333. The Hall–Kier alpha value is -1.69. The molecule has 1 aromatic carbocycles. The number of aryl methyl sites for hydroxylation is 1. The third kappa shape index (κ3) is 2.27. The summed E-state index contributed by atoms with van der Waals surface area (Å²) in [5.41, 5.74) is 1.50. The molecule has 3 rings (SSSR count). The van der Waals surface area contributed by atoms with Crippen LogP contribution >= 0.6 is 15.9 Å². The van der Waals surface area contributed by atoms with E-state index in [4.69, 9.17) is 4.74 Å². The van der Waals surface area contributed by atoms with Crippen LogP contribution in [0.15, 0.2) is 34.0 Å². The normalized spacial score (nSPS) is 20.9. The molecular formula is C15H15BrFN3O. The average Bonchev–Trinajstić information content (AvgIpc) is 2.81. The molecule has 0 bridgehead atoms. The predicted octanol–water partition coefficient (Wildman–Crippen LogP) is 3.42. The summed E-state index contributed by atoms with van der Waals surface area (Å²) in [6.45, 7) is 4.32. The van der Waals surface area contributed by atoms with Crippen LogP contribution in [-0.2, 0) is 16.8 Å². The van der Waals surface area contributed by atoms with Crippen LogP contribution in [0.3, 0.4) is 0 Å². The molecule has 1 unspecified atom stereocenters. The summed E-state index contributed by atoms with van der Waals surface area (Å²) in [6, 6.07) is 4.89. The molecule has 0 fully saturated rings. The van der Waals surface area contributed by atoms with Gasteiger partial charge >= 0.3 is 0 Å². The van der Waals surface area contributed by atoms with Crippen molar-refractivity contribution in [3.63, 3.8) is 0 Å². The van der Waals surface area contributed by atoms with E-state index < -0.39 is 5.54 Å². The summed E-state index contributed by atoms with van der Waals surface area (Å²) in [5, 5.41) is 0. The zero-order valence-corrected chi connectivity index (χ0v) is 13.6. The lowest BCUT2D eigenvalue weighted by molar-refractivity contribution is 0.333. The first-order chi connectivity index (χ1) is 9.94. The van der Waals surface area contributed by atoms with E-state index in [-0.39, 0.29) is 5.82 Å². The Morgan fingerprint density at radius 2 is 2.19 bits per heavy atom. The molecule has 21 heavy (non-hydrogen) atoms. The van der Waals surface area contributed by atoms with Gasteiger partial charge in [-0.25, -0.2) is 14.4 Å². The number of nitrogens with zero attached hydrogens (tertiary/aromatic N) is 3. The highest BCUT2D eigenvalue weighted by atomic mass is 79.9. The van der Waals surface area contributed by atoms with Crippen molar-refractivity contribution in [3.05, 3.63) is 51.8 Å². The Morgan fingerprint density at radius 3 is 2.90 bits per heavy atom. The second-order valence-corrected chi connectivity index (χ2v) is 6.24. The maximum absolute atomic E-state index is 14.3. The number of aliphatic imine (C=N–C) groups is 1. The first kappa shape index (κ1) is 14.3. The van der Waals surface area contributed by atoms with Gasteiger partial charge in [0.1, 0.15) is 17.1 Å². The quantitative estimate of drug-likeness (QED) is 0.789. The minimum Gasteiger partial charge on any atom is -0.480 e. The SMILES string of the molecule is COC1=NC(C)(c2cc(Br)ccc2F)Cn2cnc(C)c21. The largest absolute Gasteiger partial charge is 0.480 e. The van der Waals surface area contributed by atoms with E-state index in [0.717, 1.165) is 15.9 Å².